The van der Waals surface area contributed by atoms with Gasteiger partial charge in [0.05, 0.1) is 12.3 Å². The highest BCUT2D eigenvalue weighted by atomic mass is 16.5. The minimum absolute atomic E-state index is 0.362. The number of hydrogen-bond donors (Lipinski definition) is 0. The average molecular weight is 163 g/mol. The van der Waals surface area contributed by atoms with E-state index < -0.39 is 0 Å². The zero-order valence-corrected chi connectivity index (χ0v) is 6.56. The molecule has 1 aromatic carbocycles. The number of hydrogen-bond acceptors (Lipinski definition) is 2. The van der Waals surface area contributed by atoms with Gasteiger partial charge in [-0.1, -0.05) is 18.2 Å². The fourth-order valence-corrected chi connectivity index (χ4v) is 1.32. The van der Waals surface area contributed by atoms with Gasteiger partial charge in [-0.05, 0) is 6.07 Å². The molecule has 0 saturated carbocycles. The Morgan fingerprint density at radius 3 is 3.08 bits per heavy atom. The summed E-state index contributed by atoms with van der Waals surface area (Å²) < 4.78 is 5.19. The van der Waals surface area contributed by atoms with Crippen molar-refractivity contribution in [3.8, 4) is 0 Å². The van der Waals surface area contributed by atoms with Crippen LogP contribution >= 0.6 is 0 Å². The summed E-state index contributed by atoms with van der Waals surface area (Å²) in [7, 11) is 0. The maximum Gasteiger partial charge on any atom is 0.216 e. The molecule has 3 nitrogen and oxygen atoms in total. The second kappa shape index (κ2) is 2.95. The molecular formula is C9H9NO2. The van der Waals surface area contributed by atoms with Crippen molar-refractivity contribution in [1.82, 2.24) is 0 Å². The Kier molecular flexibility index (Phi) is 1.80. The highest BCUT2D eigenvalue weighted by Gasteiger charge is 2.14. The number of rotatable bonds is 1. The van der Waals surface area contributed by atoms with Crippen LogP contribution in [-0.4, -0.2) is 13.1 Å². The van der Waals surface area contributed by atoms with Crippen molar-refractivity contribution in [3.63, 3.8) is 0 Å². The lowest BCUT2D eigenvalue weighted by Gasteiger charge is -2.25. The molecule has 0 bridgehead atoms. The number of amides is 1. The van der Waals surface area contributed by atoms with E-state index in [1.165, 1.54) is 0 Å². The second-order valence-corrected chi connectivity index (χ2v) is 2.68. The van der Waals surface area contributed by atoms with Gasteiger partial charge in [0.25, 0.3) is 0 Å². The minimum atomic E-state index is 0.362. The van der Waals surface area contributed by atoms with Crippen LogP contribution in [-0.2, 0) is 16.1 Å². The molecule has 1 aliphatic rings. The molecule has 0 N–H and O–H groups in total. The number of carbonyl (C=O) groups is 1. The normalized spacial score (nSPS) is 15.5. The minimum Gasteiger partial charge on any atom is -0.356 e. The van der Waals surface area contributed by atoms with Crippen LogP contribution in [0.2, 0.25) is 0 Å². The Morgan fingerprint density at radius 1 is 1.42 bits per heavy atom. The van der Waals surface area contributed by atoms with Crippen LogP contribution in [0.5, 0.6) is 0 Å². The number of benzene rings is 1. The lowest BCUT2D eigenvalue weighted by molar-refractivity contribution is -0.108. The van der Waals surface area contributed by atoms with Crippen LogP contribution in [0, 0.1) is 0 Å². The van der Waals surface area contributed by atoms with Gasteiger partial charge in [0.15, 0.2) is 0 Å². The molecule has 0 aromatic heterocycles. The quantitative estimate of drug-likeness (QED) is 0.581. The van der Waals surface area contributed by atoms with Gasteiger partial charge in [-0.2, -0.15) is 0 Å². The first-order chi connectivity index (χ1) is 5.92. The lowest BCUT2D eigenvalue weighted by Crippen LogP contribution is -2.29. The third kappa shape index (κ3) is 1.08. The van der Waals surface area contributed by atoms with E-state index >= 15 is 0 Å². The first-order valence-corrected chi connectivity index (χ1v) is 3.79. The van der Waals surface area contributed by atoms with Gasteiger partial charge in [-0.25, -0.2) is 0 Å². The van der Waals surface area contributed by atoms with Gasteiger partial charge in [0, 0.05) is 5.56 Å². The fraction of sp³-hybridized carbons (Fsp3) is 0.222. The first kappa shape index (κ1) is 7.31. The van der Waals surface area contributed by atoms with E-state index in [2.05, 4.69) is 0 Å². The smallest absolute Gasteiger partial charge is 0.216 e. The van der Waals surface area contributed by atoms with Crippen LogP contribution in [0.15, 0.2) is 24.3 Å². The van der Waals surface area contributed by atoms with E-state index in [0.29, 0.717) is 13.3 Å². The van der Waals surface area contributed by atoms with Crippen LogP contribution in [0.1, 0.15) is 5.56 Å². The third-order valence-electron chi connectivity index (χ3n) is 1.92. The summed E-state index contributed by atoms with van der Waals surface area (Å²) in [4.78, 5) is 12.1. The largest absolute Gasteiger partial charge is 0.356 e. The number of anilines is 1. The maximum atomic E-state index is 10.6. The predicted molar refractivity (Wildman–Crippen MR) is 44.6 cm³/mol. The molecule has 0 saturated heterocycles. The third-order valence-corrected chi connectivity index (χ3v) is 1.92. The first-order valence-electron chi connectivity index (χ1n) is 3.79. The number of ether oxygens (including phenoxy) is 1. The van der Waals surface area contributed by atoms with Gasteiger partial charge in [0.1, 0.15) is 6.73 Å². The van der Waals surface area contributed by atoms with Crippen LogP contribution in [0.4, 0.5) is 5.69 Å². The van der Waals surface area contributed by atoms with Gasteiger partial charge in [-0.15, -0.1) is 0 Å². The molecule has 0 fully saturated rings. The number of carbonyl (C=O) groups excluding carboxylic acids is 1. The van der Waals surface area contributed by atoms with Gasteiger partial charge < -0.3 is 4.74 Å². The predicted octanol–water partition coefficient (Wildman–Crippen LogP) is 1.14. The van der Waals surface area contributed by atoms with Crippen molar-refractivity contribution in [2.45, 2.75) is 6.61 Å². The molecule has 0 spiro atoms. The zero-order valence-electron chi connectivity index (χ0n) is 6.56. The summed E-state index contributed by atoms with van der Waals surface area (Å²) >= 11 is 0. The topological polar surface area (TPSA) is 29.5 Å². The van der Waals surface area contributed by atoms with Gasteiger partial charge in [-0.3, -0.25) is 9.69 Å². The SMILES string of the molecule is O=CN1COCc2ccccc21. The fourth-order valence-electron chi connectivity index (χ4n) is 1.32. The molecule has 1 heterocycles. The Labute approximate surface area is 70.6 Å². The summed E-state index contributed by atoms with van der Waals surface area (Å²) in [5.41, 5.74) is 2.02. The number of para-hydroxylation sites is 1. The van der Waals surface area contributed by atoms with Gasteiger partial charge >= 0.3 is 0 Å². The van der Waals surface area contributed by atoms with Crippen molar-refractivity contribution >= 4 is 12.1 Å². The molecule has 0 aliphatic carbocycles. The Balaban J connectivity index is 2.43. The molecule has 1 aliphatic heterocycles. The monoisotopic (exact) mass is 163 g/mol. The zero-order chi connectivity index (χ0) is 8.39. The molecule has 1 aromatic rings. The molecule has 62 valence electrons. The summed E-state index contributed by atoms with van der Waals surface area (Å²) in [5.74, 6) is 0. The molecule has 1 amide bonds. The van der Waals surface area contributed by atoms with E-state index in [1.807, 2.05) is 24.3 Å². The van der Waals surface area contributed by atoms with Gasteiger partial charge in [0.2, 0.25) is 6.41 Å². The molecule has 2 rings (SSSR count). The second-order valence-electron chi connectivity index (χ2n) is 2.68. The molecule has 0 radical (unpaired) electrons. The molecule has 12 heavy (non-hydrogen) atoms. The van der Waals surface area contributed by atoms with Crippen molar-refractivity contribution < 1.29 is 9.53 Å². The van der Waals surface area contributed by atoms with Crippen LogP contribution in [0.3, 0.4) is 0 Å². The van der Waals surface area contributed by atoms with E-state index in [9.17, 15) is 4.79 Å². The average Bonchev–Trinajstić information content (AvgIpc) is 2.17. The number of fused-ring (bicyclic) bond motifs is 1. The van der Waals surface area contributed by atoms with Crippen molar-refractivity contribution in [1.29, 1.82) is 0 Å². The Morgan fingerprint density at radius 2 is 2.25 bits per heavy atom. The number of nitrogens with zero attached hydrogens (tertiary/aromatic N) is 1. The molecule has 0 atom stereocenters. The molecular weight excluding hydrogens is 154 g/mol. The van der Waals surface area contributed by atoms with Crippen LogP contribution in [0.25, 0.3) is 0 Å². The van der Waals surface area contributed by atoms with Crippen molar-refractivity contribution in [2.75, 3.05) is 11.6 Å². The molecule has 3 heteroatoms. The van der Waals surface area contributed by atoms with E-state index in [0.717, 1.165) is 17.7 Å². The van der Waals surface area contributed by atoms with Crippen molar-refractivity contribution in [2.24, 2.45) is 0 Å². The van der Waals surface area contributed by atoms with E-state index in [4.69, 9.17) is 4.74 Å². The standard InChI is InChI=1S/C9H9NO2/c11-6-10-7-12-5-8-3-1-2-4-9(8)10/h1-4,6H,5,7H2. The summed E-state index contributed by atoms with van der Waals surface area (Å²) in [6.45, 7) is 0.959. The summed E-state index contributed by atoms with van der Waals surface area (Å²) in [6, 6.07) is 7.74. The Hall–Kier alpha value is -1.35. The molecule has 0 unspecified atom stereocenters. The summed E-state index contributed by atoms with van der Waals surface area (Å²) in [6.07, 6.45) is 0.790. The highest BCUT2D eigenvalue weighted by molar-refractivity contribution is 5.77. The van der Waals surface area contributed by atoms with Crippen molar-refractivity contribution in [3.05, 3.63) is 29.8 Å². The van der Waals surface area contributed by atoms with E-state index in [-0.39, 0.29) is 0 Å². The summed E-state index contributed by atoms with van der Waals surface area (Å²) in [5, 5.41) is 0. The van der Waals surface area contributed by atoms with E-state index in [1.54, 1.807) is 4.90 Å². The highest BCUT2D eigenvalue weighted by Crippen LogP contribution is 2.23. The Bertz CT molecular complexity index is 298. The maximum absolute atomic E-state index is 10.6. The van der Waals surface area contributed by atoms with Crippen LogP contribution < -0.4 is 4.90 Å². The lowest BCUT2D eigenvalue weighted by atomic mass is 10.1.